The van der Waals surface area contributed by atoms with Crippen LogP contribution in [-0.4, -0.2) is 26.2 Å². The maximum atomic E-state index is 12.0. The van der Waals surface area contributed by atoms with E-state index in [1.807, 2.05) is 6.92 Å². The van der Waals surface area contributed by atoms with Crippen LogP contribution in [0.3, 0.4) is 0 Å². The number of carbonyl (C=O) groups excluding carboxylic acids is 1. The van der Waals surface area contributed by atoms with Crippen molar-refractivity contribution in [1.29, 1.82) is 0 Å². The number of anilines is 1. The van der Waals surface area contributed by atoms with Crippen molar-refractivity contribution >= 4 is 33.2 Å². The lowest BCUT2D eigenvalue weighted by atomic mass is 10.2. The van der Waals surface area contributed by atoms with Crippen LogP contribution in [0.15, 0.2) is 29.2 Å². The Morgan fingerprint density at radius 1 is 1.30 bits per heavy atom. The van der Waals surface area contributed by atoms with Gasteiger partial charge in [-0.1, -0.05) is 13.3 Å². The summed E-state index contributed by atoms with van der Waals surface area (Å²) in [4.78, 5) is 11.0. The smallest absolute Gasteiger partial charge is 0.240 e. The summed E-state index contributed by atoms with van der Waals surface area (Å²) >= 11 is 5.98. The van der Waals surface area contributed by atoms with E-state index in [0.29, 0.717) is 5.69 Å². The molecule has 0 saturated carbocycles. The third-order valence-corrected chi connectivity index (χ3v) is 4.39. The summed E-state index contributed by atoms with van der Waals surface area (Å²) in [6.45, 7) is 3.58. The summed E-state index contributed by atoms with van der Waals surface area (Å²) in [5.41, 5.74) is 0.553. The Hall–Kier alpha value is -1.11. The van der Waals surface area contributed by atoms with Crippen molar-refractivity contribution < 1.29 is 13.2 Å². The lowest BCUT2D eigenvalue weighted by Gasteiger charge is -2.11. The van der Waals surface area contributed by atoms with Crippen molar-refractivity contribution in [2.24, 2.45) is 0 Å². The van der Waals surface area contributed by atoms with E-state index >= 15 is 0 Å². The topological polar surface area (TPSA) is 75.3 Å². The molecule has 1 aromatic carbocycles. The van der Waals surface area contributed by atoms with Crippen LogP contribution >= 0.6 is 11.6 Å². The number of sulfonamides is 1. The van der Waals surface area contributed by atoms with Gasteiger partial charge in [0.05, 0.1) is 4.90 Å². The number of halogens is 1. The van der Waals surface area contributed by atoms with Gasteiger partial charge in [-0.3, -0.25) is 4.79 Å². The Kier molecular flexibility index (Phi) is 6.45. The molecule has 0 saturated heterocycles. The lowest BCUT2D eigenvalue weighted by Crippen LogP contribution is -2.29. The van der Waals surface area contributed by atoms with Crippen LogP contribution in [0.25, 0.3) is 0 Å². The van der Waals surface area contributed by atoms with Crippen molar-refractivity contribution in [3.8, 4) is 0 Å². The Morgan fingerprint density at radius 3 is 2.40 bits per heavy atom. The number of carbonyl (C=O) groups is 1. The number of amides is 1. The molecule has 1 amide bonds. The maximum absolute atomic E-state index is 12.0. The molecule has 0 aliphatic carbocycles. The van der Waals surface area contributed by atoms with Crippen molar-refractivity contribution in [3.63, 3.8) is 0 Å². The number of rotatable bonds is 7. The summed E-state index contributed by atoms with van der Waals surface area (Å²) in [6, 6.07) is 5.97. The highest BCUT2D eigenvalue weighted by molar-refractivity contribution is 7.89. The molecule has 0 fully saturated rings. The molecule has 0 aliphatic rings. The molecule has 0 aromatic heterocycles. The Morgan fingerprint density at radius 2 is 1.90 bits per heavy atom. The van der Waals surface area contributed by atoms with Crippen LogP contribution in [0.2, 0.25) is 0 Å². The normalized spacial score (nSPS) is 12.9. The largest absolute Gasteiger partial charge is 0.326 e. The zero-order valence-corrected chi connectivity index (χ0v) is 13.1. The van der Waals surface area contributed by atoms with Crippen molar-refractivity contribution in [1.82, 2.24) is 4.72 Å². The molecule has 0 bridgehead atoms. The van der Waals surface area contributed by atoms with Gasteiger partial charge in [0.25, 0.3) is 0 Å². The van der Waals surface area contributed by atoms with E-state index in [-0.39, 0.29) is 22.7 Å². The highest BCUT2D eigenvalue weighted by atomic mass is 35.5. The Balaban J connectivity index is 2.70. The van der Waals surface area contributed by atoms with E-state index in [1.165, 1.54) is 19.1 Å². The van der Waals surface area contributed by atoms with Gasteiger partial charge in [-0.25, -0.2) is 13.1 Å². The quantitative estimate of drug-likeness (QED) is 0.758. The molecule has 5 nitrogen and oxygen atoms in total. The summed E-state index contributed by atoms with van der Waals surface area (Å²) in [7, 11) is -3.57. The number of benzene rings is 1. The average molecular weight is 319 g/mol. The second-order valence-electron chi connectivity index (χ2n) is 4.44. The van der Waals surface area contributed by atoms with Crippen molar-refractivity contribution in [2.75, 3.05) is 11.9 Å². The standard InChI is InChI=1S/C13H19ClN2O3S/c1-3-4-11(14)9-15-20(18,19)13-7-5-12(6-8-13)16-10(2)17/h5-8,11,15H,3-4,9H2,1-2H3,(H,16,17). The first kappa shape index (κ1) is 16.9. The highest BCUT2D eigenvalue weighted by Crippen LogP contribution is 2.14. The summed E-state index contributed by atoms with van der Waals surface area (Å²) < 4.78 is 26.5. The van der Waals surface area contributed by atoms with E-state index < -0.39 is 10.0 Å². The van der Waals surface area contributed by atoms with Crippen LogP contribution in [0.4, 0.5) is 5.69 Å². The van der Waals surface area contributed by atoms with Gasteiger partial charge in [0.15, 0.2) is 0 Å². The molecule has 0 radical (unpaired) electrons. The van der Waals surface area contributed by atoms with E-state index in [2.05, 4.69) is 10.0 Å². The minimum Gasteiger partial charge on any atom is -0.326 e. The van der Waals surface area contributed by atoms with Gasteiger partial charge in [-0.05, 0) is 30.7 Å². The van der Waals surface area contributed by atoms with E-state index in [4.69, 9.17) is 11.6 Å². The third-order valence-electron chi connectivity index (χ3n) is 2.58. The first-order valence-electron chi connectivity index (χ1n) is 6.36. The molecule has 2 N–H and O–H groups in total. The molecule has 7 heteroatoms. The maximum Gasteiger partial charge on any atom is 0.240 e. The Labute approximate surface area is 124 Å². The van der Waals surface area contributed by atoms with Gasteiger partial charge in [-0.15, -0.1) is 11.6 Å². The second-order valence-corrected chi connectivity index (χ2v) is 6.83. The predicted molar refractivity (Wildman–Crippen MR) is 80.5 cm³/mol. The van der Waals surface area contributed by atoms with Gasteiger partial charge < -0.3 is 5.32 Å². The molecule has 1 atom stereocenters. The van der Waals surface area contributed by atoms with Gasteiger partial charge in [-0.2, -0.15) is 0 Å². The molecular formula is C13H19ClN2O3S. The van der Waals surface area contributed by atoms with Crippen molar-refractivity contribution in [2.45, 2.75) is 37.0 Å². The highest BCUT2D eigenvalue weighted by Gasteiger charge is 2.15. The molecule has 1 rings (SSSR count). The zero-order valence-electron chi connectivity index (χ0n) is 11.5. The fourth-order valence-corrected chi connectivity index (χ4v) is 3.09. The number of nitrogens with one attached hydrogen (secondary N) is 2. The van der Waals surface area contributed by atoms with Gasteiger partial charge in [0.2, 0.25) is 15.9 Å². The summed E-state index contributed by atoms with van der Waals surface area (Å²) in [6.07, 6.45) is 1.66. The first-order valence-corrected chi connectivity index (χ1v) is 8.28. The minimum atomic E-state index is -3.57. The lowest BCUT2D eigenvalue weighted by molar-refractivity contribution is -0.114. The van der Waals surface area contributed by atoms with Crippen LogP contribution in [0, 0.1) is 0 Å². The SMILES string of the molecule is CCCC(Cl)CNS(=O)(=O)c1ccc(NC(C)=O)cc1. The van der Waals surface area contributed by atoms with Crippen LogP contribution in [0.1, 0.15) is 26.7 Å². The zero-order chi connectivity index (χ0) is 15.2. The molecule has 0 aliphatic heterocycles. The monoisotopic (exact) mass is 318 g/mol. The average Bonchev–Trinajstić information content (AvgIpc) is 2.37. The van der Waals surface area contributed by atoms with Crippen LogP contribution in [0.5, 0.6) is 0 Å². The molecule has 1 aromatic rings. The predicted octanol–water partition coefficient (Wildman–Crippen LogP) is 2.33. The molecule has 20 heavy (non-hydrogen) atoms. The van der Waals surface area contributed by atoms with E-state index in [0.717, 1.165) is 12.8 Å². The second kappa shape index (κ2) is 7.61. The fraction of sp³-hybridized carbons (Fsp3) is 0.462. The van der Waals surface area contributed by atoms with Gasteiger partial charge in [0.1, 0.15) is 0 Å². The summed E-state index contributed by atoms with van der Waals surface area (Å²) in [5, 5.41) is 2.36. The van der Waals surface area contributed by atoms with Crippen LogP contribution in [-0.2, 0) is 14.8 Å². The van der Waals surface area contributed by atoms with E-state index in [9.17, 15) is 13.2 Å². The van der Waals surface area contributed by atoms with Crippen LogP contribution < -0.4 is 10.0 Å². The molecule has 1 unspecified atom stereocenters. The number of hydrogen-bond donors (Lipinski definition) is 2. The Bertz CT molecular complexity index is 543. The minimum absolute atomic E-state index is 0.145. The molecular weight excluding hydrogens is 300 g/mol. The first-order chi connectivity index (χ1) is 9.35. The van der Waals surface area contributed by atoms with E-state index in [1.54, 1.807) is 12.1 Å². The molecule has 0 heterocycles. The third kappa shape index (κ3) is 5.48. The fourth-order valence-electron chi connectivity index (χ4n) is 1.62. The van der Waals surface area contributed by atoms with Gasteiger partial charge >= 0.3 is 0 Å². The molecule has 112 valence electrons. The van der Waals surface area contributed by atoms with Crippen molar-refractivity contribution in [3.05, 3.63) is 24.3 Å². The number of hydrogen-bond acceptors (Lipinski definition) is 3. The summed E-state index contributed by atoms with van der Waals surface area (Å²) in [5.74, 6) is -0.205. The number of alkyl halides is 1. The van der Waals surface area contributed by atoms with Gasteiger partial charge in [0, 0.05) is 24.5 Å². The molecule has 0 spiro atoms.